The largest absolute Gasteiger partial charge is 0.380 e. The van der Waals surface area contributed by atoms with Crippen LogP contribution in [0.4, 0.5) is 8.78 Å². The first-order valence-electron chi connectivity index (χ1n) is 8.65. The molecule has 0 amide bonds. The second kappa shape index (κ2) is 10.5. The lowest BCUT2D eigenvalue weighted by atomic mass is 10.1. The zero-order valence-electron chi connectivity index (χ0n) is 15.2. The molecule has 0 aromatic heterocycles. The quantitative estimate of drug-likeness (QED) is 0.559. The number of aliphatic imine (C=N–C) groups is 1. The first kappa shape index (κ1) is 19.8. The van der Waals surface area contributed by atoms with E-state index in [9.17, 15) is 8.78 Å². The Bertz CT molecular complexity index is 717. The van der Waals surface area contributed by atoms with E-state index in [4.69, 9.17) is 4.74 Å². The summed E-state index contributed by atoms with van der Waals surface area (Å²) in [6, 6.07) is 11.4. The zero-order valence-corrected chi connectivity index (χ0v) is 15.2. The van der Waals surface area contributed by atoms with Crippen molar-refractivity contribution in [3.63, 3.8) is 0 Å². The average Bonchev–Trinajstić information content (AvgIpc) is 2.64. The van der Waals surface area contributed by atoms with Crippen molar-refractivity contribution >= 4 is 5.96 Å². The predicted octanol–water partition coefficient (Wildman–Crippen LogP) is 3.41. The average molecular weight is 361 g/mol. The molecule has 140 valence electrons. The maximum atomic E-state index is 13.7. The maximum absolute atomic E-state index is 13.7. The smallest absolute Gasteiger partial charge is 0.191 e. The fourth-order valence-electron chi connectivity index (χ4n) is 2.48. The summed E-state index contributed by atoms with van der Waals surface area (Å²) in [7, 11) is 1.54. The third-order valence-electron chi connectivity index (χ3n) is 3.79. The number of ether oxygens (including phenoxy) is 1. The van der Waals surface area contributed by atoms with E-state index in [1.54, 1.807) is 31.4 Å². The van der Waals surface area contributed by atoms with Crippen LogP contribution in [0.15, 0.2) is 47.5 Å². The number of rotatable bonds is 8. The first-order chi connectivity index (χ1) is 12.6. The van der Waals surface area contributed by atoms with Gasteiger partial charge in [-0.1, -0.05) is 18.2 Å². The molecule has 0 fully saturated rings. The summed E-state index contributed by atoms with van der Waals surface area (Å²) < 4.78 is 31.6. The zero-order chi connectivity index (χ0) is 18.8. The Hall–Kier alpha value is -2.47. The van der Waals surface area contributed by atoms with Gasteiger partial charge in [0.15, 0.2) is 5.96 Å². The molecule has 0 aliphatic heterocycles. The van der Waals surface area contributed by atoms with Crippen LogP contribution in [0.2, 0.25) is 0 Å². The molecule has 0 spiro atoms. The molecule has 0 atom stereocenters. The maximum Gasteiger partial charge on any atom is 0.191 e. The van der Waals surface area contributed by atoms with Crippen LogP contribution in [0.5, 0.6) is 0 Å². The summed E-state index contributed by atoms with van der Waals surface area (Å²) in [5.41, 5.74) is 2.49. The normalized spacial score (nSPS) is 11.5. The van der Waals surface area contributed by atoms with Gasteiger partial charge in [-0.25, -0.2) is 13.8 Å². The van der Waals surface area contributed by atoms with Crippen molar-refractivity contribution in [1.82, 2.24) is 10.6 Å². The van der Waals surface area contributed by atoms with Crippen molar-refractivity contribution in [3.05, 3.63) is 70.8 Å². The summed E-state index contributed by atoms with van der Waals surface area (Å²) in [4.78, 5) is 4.53. The van der Waals surface area contributed by atoms with E-state index in [2.05, 4.69) is 15.6 Å². The fraction of sp³-hybridized carbons (Fsp3) is 0.350. The van der Waals surface area contributed by atoms with E-state index >= 15 is 0 Å². The molecule has 0 saturated heterocycles. The van der Waals surface area contributed by atoms with E-state index in [0.717, 1.165) is 24.1 Å². The van der Waals surface area contributed by atoms with Crippen LogP contribution >= 0.6 is 0 Å². The Balaban J connectivity index is 1.93. The molecule has 2 aromatic carbocycles. The molecule has 2 N–H and O–H groups in total. The highest BCUT2D eigenvalue weighted by Crippen LogP contribution is 2.12. The minimum Gasteiger partial charge on any atom is -0.380 e. The van der Waals surface area contributed by atoms with Crippen LogP contribution in [0.25, 0.3) is 0 Å². The molecule has 2 aromatic rings. The molecule has 6 heteroatoms. The number of guanidine groups is 1. The van der Waals surface area contributed by atoms with Gasteiger partial charge in [0.1, 0.15) is 11.6 Å². The van der Waals surface area contributed by atoms with Crippen LogP contribution < -0.4 is 10.6 Å². The SMILES string of the molecule is CCNC(=NCc1ccc(F)c(COC)c1)NCCc1ccc(F)cc1. The van der Waals surface area contributed by atoms with Crippen LogP contribution in [0.1, 0.15) is 23.6 Å². The third kappa shape index (κ3) is 6.44. The number of benzene rings is 2. The number of methoxy groups -OCH3 is 1. The highest BCUT2D eigenvalue weighted by Gasteiger charge is 2.04. The second-order valence-corrected chi connectivity index (χ2v) is 5.86. The van der Waals surface area contributed by atoms with Gasteiger partial charge < -0.3 is 15.4 Å². The van der Waals surface area contributed by atoms with Crippen LogP contribution in [0, 0.1) is 11.6 Å². The predicted molar refractivity (Wildman–Crippen MR) is 100 cm³/mol. The van der Waals surface area contributed by atoms with Gasteiger partial charge in [0.2, 0.25) is 0 Å². The minimum absolute atomic E-state index is 0.233. The highest BCUT2D eigenvalue weighted by atomic mass is 19.1. The summed E-state index contributed by atoms with van der Waals surface area (Å²) in [5.74, 6) is 0.180. The van der Waals surface area contributed by atoms with Gasteiger partial charge in [-0.2, -0.15) is 0 Å². The van der Waals surface area contributed by atoms with Crippen molar-refractivity contribution in [2.24, 2.45) is 4.99 Å². The van der Waals surface area contributed by atoms with Crippen LogP contribution in [-0.2, 0) is 24.3 Å². The Labute approximate surface area is 153 Å². The monoisotopic (exact) mass is 361 g/mol. The van der Waals surface area contributed by atoms with Crippen molar-refractivity contribution in [1.29, 1.82) is 0 Å². The first-order valence-corrected chi connectivity index (χ1v) is 8.65. The fourth-order valence-corrected chi connectivity index (χ4v) is 2.48. The van der Waals surface area contributed by atoms with Crippen LogP contribution in [-0.4, -0.2) is 26.2 Å². The number of hydrogen-bond acceptors (Lipinski definition) is 2. The molecule has 0 heterocycles. The van der Waals surface area contributed by atoms with Gasteiger partial charge in [-0.05, 0) is 48.7 Å². The number of nitrogens with zero attached hydrogens (tertiary/aromatic N) is 1. The molecular formula is C20H25F2N3O. The summed E-state index contributed by atoms with van der Waals surface area (Å²) in [6.07, 6.45) is 0.763. The molecule has 0 saturated carbocycles. The van der Waals surface area contributed by atoms with Gasteiger partial charge in [-0.15, -0.1) is 0 Å². The van der Waals surface area contributed by atoms with E-state index in [-0.39, 0.29) is 18.2 Å². The number of nitrogens with one attached hydrogen (secondary N) is 2. The lowest BCUT2D eigenvalue weighted by molar-refractivity contribution is 0.181. The Kier molecular flexibility index (Phi) is 8.02. The van der Waals surface area contributed by atoms with Crippen molar-refractivity contribution in [2.45, 2.75) is 26.5 Å². The molecule has 0 bridgehead atoms. The van der Waals surface area contributed by atoms with Gasteiger partial charge in [0, 0.05) is 25.8 Å². The molecule has 26 heavy (non-hydrogen) atoms. The molecular weight excluding hydrogens is 336 g/mol. The molecule has 2 rings (SSSR count). The van der Waals surface area contributed by atoms with Crippen molar-refractivity contribution in [3.8, 4) is 0 Å². The summed E-state index contributed by atoms with van der Waals surface area (Å²) in [5, 5.41) is 6.43. The molecule has 0 radical (unpaired) electrons. The van der Waals surface area contributed by atoms with E-state index in [0.29, 0.717) is 24.6 Å². The summed E-state index contributed by atoms with van der Waals surface area (Å²) in [6.45, 7) is 4.07. The van der Waals surface area contributed by atoms with Crippen LogP contribution in [0.3, 0.4) is 0 Å². The molecule has 0 aliphatic rings. The second-order valence-electron chi connectivity index (χ2n) is 5.86. The van der Waals surface area contributed by atoms with Crippen molar-refractivity contribution < 1.29 is 13.5 Å². The Morgan fingerprint density at radius 3 is 2.46 bits per heavy atom. The molecule has 4 nitrogen and oxygen atoms in total. The molecule has 0 unspecified atom stereocenters. The van der Waals surface area contributed by atoms with Gasteiger partial charge in [0.05, 0.1) is 13.2 Å². The number of hydrogen-bond donors (Lipinski definition) is 2. The van der Waals surface area contributed by atoms with Gasteiger partial charge >= 0.3 is 0 Å². The summed E-state index contributed by atoms with van der Waals surface area (Å²) >= 11 is 0. The van der Waals surface area contributed by atoms with E-state index in [1.165, 1.54) is 18.2 Å². The standard InChI is InChI=1S/C20H25F2N3O/c1-3-23-20(24-11-10-15-4-7-18(21)8-5-15)25-13-16-6-9-19(22)17(12-16)14-26-2/h4-9,12H,3,10-11,13-14H2,1-2H3,(H2,23,24,25). The topological polar surface area (TPSA) is 45.7 Å². The number of halogens is 2. The highest BCUT2D eigenvalue weighted by molar-refractivity contribution is 5.79. The Morgan fingerprint density at radius 2 is 1.77 bits per heavy atom. The van der Waals surface area contributed by atoms with Gasteiger partial charge in [0.25, 0.3) is 0 Å². The third-order valence-corrected chi connectivity index (χ3v) is 3.79. The molecule has 0 aliphatic carbocycles. The lowest BCUT2D eigenvalue weighted by Crippen LogP contribution is -2.38. The lowest BCUT2D eigenvalue weighted by Gasteiger charge is -2.12. The van der Waals surface area contributed by atoms with E-state index < -0.39 is 0 Å². The van der Waals surface area contributed by atoms with Crippen molar-refractivity contribution in [2.75, 3.05) is 20.2 Å². The van der Waals surface area contributed by atoms with Gasteiger partial charge in [-0.3, -0.25) is 0 Å². The Morgan fingerprint density at radius 1 is 1.04 bits per heavy atom. The minimum atomic E-state index is -0.274. The van der Waals surface area contributed by atoms with E-state index in [1.807, 2.05) is 6.92 Å².